The highest BCUT2D eigenvalue weighted by molar-refractivity contribution is 5.87. The predicted octanol–water partition coefficient (Wildman–Crippen LogP) is 4.43. The van der Waals surface area contributed by atoms with Crippen LogP contribution in [0.4, 0.5) is 13.2 Å². The molecule has 6 heteroatoms. The van der Waals surface area contributed by atoms with Gasteiger partial charge in [0.15, 0.2) is 0 Å². The standard InChI is InChI=1S/C15H16F3NO2/c1-8(2)19-12(9(3)14(20)21)7-10-5-4-6-11(13(10)19)15(16,17)18/h4-9H,1-3H3,(H,20,21). The number of carboxylic acid groups (broad SMARTS) is 1. The SMILES string of the molecule is CC(C(=O)O)c1cc2cccc(C(F)(F)F)c2n1C(C)C. The second-order valence-corrected chi connectivity index (χ2v) is 5.33. The number of fused-ring (bicyclic) bond motifs is 1. The van der Waals surface area contributed by atoms with Gasteiger partial charge in [0, 0.05) is 17.1 Å². The van der Waals surface area contributed by atoms with Crippen LogP contribution in [0.5, 0.6) is 0 Å². The highest BCUT2D eigenvalue weighted by atomic mass is 19.4. The van der Waals surface area contributed by atoms with Gasteiger partial charge in [-0.1, -0.05) is 12.1 Å². The largest absolute Gasteiger partial charge is 0.481 e. The van der Waals surface area contributed by atoms with E-state index in [-0.39, 0.29) is 11.6 Å². The molecule has 2 rings (SSSR count). The molecule has 0 spiro atoms. The molecule has 3 nitrogen and oxygen atoms in total. The molecule has 0 saturated carbocycles. The fourth-order valence-electron chi connectivity index (χ4n) is 2.55. The zero-order valence-corrected chi connectivity index (χ0v) is 11.9. The van der Waals surface area contributed by atoms with Crippen molar-refractivity contribution in [3.05, 3.63) is 35.5 Å². The van der Waals surface area contributed by atoms with E-state index in [2.05, 4.69) is 0 Å². The monoisotopic (exact) mass is 299 g/mol. The number of aromatic nitrogens is 1. The normalized spacial score (nSPS) is 13.9. The van der Waals surface area contributed by atoms with Crippen molar-refractivity contribution in [2.75, 3.05) is 0 Å². The molecule has 1 atom stereocenters. The highest BCUT2D eigenvalue weighted by Crippen LogP contribution is 2.38. The Hall–Kier alpha value is -1.98. The summed E-state index contributed by atoms with van der Waals surface area (Å²) in [5, 5.41) is 9.56. The summed E-state index contributed by atoms with van der Waals surface area (Å²) in [7, 11) is 0. The minimum Gasteiger partial charge on any atom is -0.481 e. The number of halogens is 3. The Bertz CT molecular complexity index is 686. The van der Waals surface area contributed by atoms with Crippen LogP contribution >= 0.6 is 0 Å². The molecule has 1 unspecified atom stereocenters. The van der Waals surface area contributed by atoms with Crippen LogP contribution in [0.3, 0.4) is 0 Å². The van der Waals surface area contributed by atoms with Crippen molar-refractivity contribution in [1.29, 1.82) is 0 Å². The smallest absolute Gasteiger partial charge is 0.418 e. The number of hydrogen-bond donors (Lipinski definition) is 1. The van der Waals surface area contributed by atoms with Crippen molar-refractivity contribution in [3.63, 3.8) is 0 Å². The van der Waals surface area contributed by atoms with Crippen LogP contribution in [0.1, 0.15) is 44.0 Å². The Balaban J connectivity index is 2.86. The van der Waals surface area contributed by atoms with Crippen LogP contribution in [0.15, 0.2) is 24.3 Å². The molecule has 21 heavy (non-hydrogen) atoms. The lowest BCUT2D eigenvalue weighted by Gasteiger charge is -2.19. The molecular formula is C15H16F3NO2. The molecule has 1 aromatic heterocycles. The molecular weight excluding hydrogens is 283 g/mol. The van der Waals surface area contributed by atoms with Gasteiger partial charge < -0.3 is 9.67 Å². The van der Waals surface area contributed by atoms with Crippen molar-refractivity contribution in [1.82, 2.24) is 4.57 Å². The minimum absolute atomic E-state index is 0.0445. The third kappa shape index (κ3) is 2.62. The molecule has 1 N–H and O–H groups in total. The molecule has 114 valence electrons. The van der Waals surface area contributed by atoms with Gasteiger partial charge in [0.05, 0.1) is 17.0 Å². The first-order chi connectivity index (χ1) is 9.64. The summed E-state index contributed by atoms with van der Waals surface area (Å²) in [6.45, 7) is 4.96. The van der Waals surface area contributed by atoms with E-state index in [9.17, 15) is 18.0 Å². The summed E-state index contributed by atoms with van der Waals surface area (Å²) in [6, 6.07) is 5.19. The third-order valence-electron chi connectivity index (χ3n) is 3.53. The fourth-order valence-corrected chi connectivity index (χ4v) is 2.55. The van der Waals surface area contributed by atoms with Crippen molar-refractivity contribution in [2.24, 2.45) is 0 Å². The second-order valence-electron chi connectivity index (χ2n) is 5.33. The van der Waals surface area contributed by atoms with Gasteiger partial charge in [-0.15, -0.1) is 0 Å². The molecule has 2 aromatic rings. The third-order valence-corrected chi connectivity index (χ3v) is 3.53. The van der Waals surface area contributed by atoms with Crippen LogP contribution < -0.4 is 0 Å². The summed E-state index contributed by atoms with van der Waals surface area (Å²) in [4.78, 5) is 11.2. The van der Waals surface area contributed by atoms with E-state index in [4.69, 9.17) is 5.11 Å². The van der Waals surface area contributed by atoms with Crippen LogP contribution in [-0.4, -0.2) is 15.6 Å². The van der Waals surface area contributed by atoms with Crippen molar-refractivity contribution < 1.29 is 23.1 Å². The van der Waals surface area contributed by atoms with Crippen LogP contribution in [0.25, 0.3) is 10.9 Å². The van der Waals surface area contributed by atoms with E-state index in [1.165, 1.54) is 23.6 Å². The molecule has 0 amide bonds. The molecule has 1 heterocycles. The summed E-state index contributed by atoms with van der Waals surface area (Å²) in [5.74, 6) is -1.94. The van der Waals surface area contributed by atoms with Gasteiger partial charge in [0.25, 0.3) is 0 Å². The first-order valence-corrected chi connectivity index (χ1v) is 6.58. The quantitative estimate of drug-likeness (QED) is 0.911. The maximum absolute atomic E-state index is 13.2. The number of alkyl halides is 3. The fraction of sp³-hybridized carbons (Fsp3) is 0.400. The van der Waals surface area contributed by atoms with Gasteiger partial charge in [-0.25, -0.2) is 0 Å². The van der Waals surface area contributed by atoms with Gasteiger partial charge in [0.2, 0.25) is 0 Å². The average molecular weight is 299 g/mol. The molecule has 0 saturated heterocycles. The van der Waals surface area contributed by atoms with E-state index < -0.39 is 23.6 Å². The van der Waals surface area contributed by atoms with Gasteiger partial charge in [-0.3, -0.25) is 4.79 Å². The lowest BCUT2D eigenvalue weighted by molar-refractivity contribution is -0.138. The zero-order chi connectivity index (χ0) is 15.9. The second kappa shape index (κ2) is 5.09. The Morgan fingerprint density at radius 2 is 1.86 bits per heavy atom. The summed E-state index contributed by atoms with van der Waals surface area (Å²) in [5.41, 5.74) is -0.315. The Morgan fingerprint density at radius 3 is 2.33 bits per heavy atom. The molecule has 1 aromatic carbocycles. The number of aliphatic carboxylic acids is 1. The summed E-state index contributed by atoms with van der Waals surface area (Å²) in [6.07, 6.45) is -4.48. The van der Waals surface area contributed by atoms with Crippen LogP contribution in [0, 0.1) is 0 Å². The van der Waals surface area contributed by atoms with Gasteiger partial charge in [-0.05, 0) is 32.9 Å². The average Bonchev–Trinajstić information content (AvgIpc) is 2.75. The number of carboxylic acids is 1. The van der Waals surface area contributed by atoms with E-state index in [1.54, 1.807) is 19.9 Å². The Labute approximate surface area is 120 Å². The van der Waals surface area contributed by atoms with Crippen LogP contribution in [0.2, 0.25) is 0 Å². The minimum atomic E-state index is -4.48. The highest BCUT2D eigenvalue weighted by Gasteiger charge is 2.35. The lowest BCUT2D eigenvalue weighted by atomic mass is 10.1. The summed E-state index contributed by atoms with van der Waals surface area (Å²) < 4.78 is 41.1. The zero-order valence-electron chi connectivity index (χ0n) is 11.9. The van der Waals surface area contributed by atoms with Gasteiger partial charge in [0.1, 0.15) is 0 Å². The number of hydrogen-bond acceptors (Lipinski definition) is 1. The van der Waals surface area contributed by atoms with E-state index in [0.29, 0.717) is 11.1 Å². The number of para-hydroxylation sites is 1. The van der Waals surface area contributed by atoms with Crippen LogP contribution in [-0.2, 0) is 11.0 Å². The van der Waals surface area contributed by atoms with E-state index in [1.807, 2.05) is 0 Å². The number of benzene rings is 1. The molecule has 0 aliphatic heterocycles. The Kier molecular flexibility index (Phi) is 3.74. The molecule has 0 fully saturated rings. The topological polar surface area (TPSA) is 42.2 Å². The Morgan fingerprint density at radius 1 is 1.24 bits per heavy atom. The van der Waals surface area contributed by atoms with Crippen molar-refractivity contribution in [2.45, 2.75) is 38.9 Å². The predicted molar refractivity (Wildman–Crippen MR) is 73.4 cm³/mol. The number of nitrogens with zero attached hydrogens (tertiary/aromatic N) is 1. The molecule has 0 radical (unpaired) electrons. The number of carbonyl (C=O) groups is 1. The number of rotatable bonds is 3. The molecule has 0 aliphatic carbocycles. The maximum atomic E-state index is 13.2. The van der Waals surface area contributed by atoms with Gasteiger partial charge >= 0.3 is 12.1 Å². The van der Waals surface area contributed by atoms with Gasteiger partial charge in [-0.2, -0.15) is 13.2 Å². The van der Waals surface area contributed by atoms with Crippen molar-refractivity contribution in [3.8, 4) is 0 Å². The first kappa shape index (κ1) is 15.4. The van der Waals surface area contributed by atoms with E-state index in [0.717, 1.165) is 6.07 Å². The summed E-state index contributed by atoms with van der Waals surface area (Å²) >= 11 is 0. The first-order valence-electron chi connectivity index (χ1n) is 6.58. The van der Waals surface area contributed by atoms with E-state index >= 15 is 0 Å². The van der Waals surface area contributed by atoms with Crippen molar-refractivity contribution >= 4 is 16.9 Å². The maximum Gasteiger partial charge on any atom is 0.418 e. The lowest BCUT2D eigenvalue weighted by Crippen LogP contribution is -2.16. The molecule has 0 bridgehead atoms. The molecule has 0 aliphatic rings.